The van der Waals surface area contributed by atoms with Crippen LogP contribution in [0.15, 0.2) is 0 Å². The Kier molecular flexibility index (Phi) is 5.44. The van der Waals surface area contributed by atoms with Crippen LogP contribution in [0.4, 0.5) is 4.79 Å². The molecule has 3 N–H and O–H groups in total. The Labute approximate surface area is 108 Å². The summed E-state index contributed by atoms with van der Waals surface area (Å²) in [5, 5.41) is 14.4. The molecule has 1 saturated carbocycles. The summed E-state index contributed by atoms with van der Waals surface area (Å²) < 4.78 is 0. The Hall–Kier alpha value is -1.26. The molecule has 18 heavy (non-hydrogen) atoms. The van der Waals surface area contributed by atoms with Gasteiger partial charge in [0.25, 0.3) is 0 Å². The maximum atomic E-state index is 11.7. The number of carboxylic acid groups (broad SMARTS) is 1. The molecule has 2 amide bonds. The number of carbonyl (C=O) groups is 2. The predicted octanol–water partition coefficient (Wildman–Crippen LogP) is 1.97. The molecule has 0 saturated heterocycles. The number of amides is 2. The lowest BCUT2D eigenvalue weighted by atomic mass is 10.0. The molecule has 5 nitrogen and oxygen atoms in total. The Morgan fingerprint density at radius 2 is 2.00 bits per heavy atom. The van der Waals surface area contributed by atoms with Crippen molar-refractivity contribution in [1.29, 1.82) is 0 Å². The van der Waals surface area contributed by atoms with Crippen molar-refractivity contribution in [3.63, 3.8) is 0 Å². The van der Waals surface area contributed by atoms with Crippen LogP contribution in [0.2, 0.25) is 0 Å². The van der Waals surface area contributed by atoms with Crippen molar-refractivity contribution in [3.8, 4) is 0 Å². The van der Waals surface area contributed by atoms with Gasteiger partial charge in [-0.1, -0.05) is 20.8 Å². The topological polar surface area (TPSA) is 78.4 Å². The number of aliphatic carboxylic acids is 1. The van der Waals surface area contributed by atoms with Crippen molar-refractivity contribution >= 4 is 12.0 Å². The zero-order chi connectivity index (χ0) is 13.7. The number of rotatable bonds is 5. The van der Waals surface area contributed by atoms with Gasteiger partial charge in [-0.25, -0.2) is 9.59 Å². The molecule has 0 aromatic carbocycles. The van der Waals surface area contributed by atoms with E-state index in [0.717, 1.165) is 19.3 Å². The number of hydrogen-bond acceptors (Lipinski definition) is 2. The smallest absolute Gasteiger partial charge is 0.326 e. The van der Waals surface area contributed by atoms with Crippen LogP contribution in [-0.4, -0.2) is 29.2 Å². The summed E-state index contributed by atoms with van der Waals surface area (Å²) in [6.45, 7) is 6.04. The third-order valence-corrected chi connectivity index (χ3v) is 3.34. The summed E-state index contributed by atoms with van der Waals surface area (Å²) in [6.07, 6.45) is 3.54. The number of carbonyl (C=O) groups excluding carboxylic acids is 1. The van der Waals surface area contributed by atoms with Crippen molar-refractivity contribution in [2.45, 2.75) is 58.5 Å². The molecule has 1 aliphatic carbocycles. The zero-order valence-corrected chi connectivity index (χ0v) is 11.4. The quantitative estimate of drug-likeness (QED) is 0.703. The number of hydrogen-bond donors (Lipinski definition) is 3. The van der Waals surface area contributed by atoms with Crippen LogP contribution < -0.4 is 10.6 Å². The first-order valence-electron chi connectivity index (χ1n) is 6.68. The first-order chi connectivity index (χ1) is 8.38. The fourth-order valence-electron chi connectivity index (χ4n) is 2.42. The summed E-state index contributed by atoms with van der Waals surface area (Å²) >= 11 is 0. The molecule has 0 aliphatic heterocycles. The third-order valence-electron chi connectivity index (χ3n) is 3.34. The normalized spacial score (nSPS) is 24.9. The van der Waals surface area contributed by atoms with Gasteiger partial charge < -0.3 is 15.7 Å². The van der Waals surface area contributed by atoms with Crippen LogP contribution in [0, 0.1) is 11.8 Å². The predicted molar refractivity (Wildman–Crippen MR) is 69.3 cm³/mol. The number of urea groups is 1. The average molecular weight is 256 g/mol. The van der Waals surface area contributed by atoms with Gasteiger partial charge in [-0.3, -0.25) is 0 Å². The molecular weight excluding hydrogens is 232 g/mol. The minimum atomic E-state index is -0.973. The lowest BCUT2D eigenvalue weighted by Crippen LogP contribution is -2.49. The molecule has 1 rings (SSSR count). The maximum Gasteiger partial charge on any atom is 0.326 e. The molecule has 5 heteroatoms. The van der Waals surface area contributed by atoms with Crippen LogP contribution in [0.25, 0.3) is 0 Å². The van der Waals surface area contributed by atoms with Gasteiger partial charge in [0, 0.05) is 6.04 Å². The van der Waals surface area contributed by atoms with Crippen molar-refractivity contribution in [2.75, 3.05) is 0 Å². The van der Waals surface area contributed by atoms with Crippen LogP contribution >= 0.6 is 0 Å². The lowest BCUT2D eigenvalue weighted by Gasteiger charge is -2.19. The molecule has 104 valence electrons. The summed E-state index contributed by atoms with van der Waals surface area (Å²) in [4.78, 5) is 22.7. The molecule has 3 atom stereocenters. The van der Waals surface area contributed by atoms with Gasteiger partial charge >= 0.3 is 12.0 Å². The third kappa shape index (κ3) is 4.94. The van der Waals surface area contributed by atoms with Crippen molar-refractivity contribution in [1.82, 2.24) is 10.6 Å². The zero-order valence-electron chi connectivity index (χ0n) is 11.4. The average Bonchev–Trinajstić information content (AvgIpc) is 2.62. The van der Waals surface area contributed by atoms with E-state index in [2.05, 4.69) is 17.6 Å². The van der Waals surface area contributed by atoms with Gasteiger partial charge in [0.2, 0.25) is 0 Å². The molecule has 0 spiro atoms. The van der Waals surface area contributed by atoms with E-state index in [1.165, 1.54) is 0 Å². The molecule has 0 heterocycles. The Morgan fingerprint density at radius 1 is 1.33 bits per heavy atom. The second-order valence-electron chi connectivity index (χ2n) is 5.75. The molecule has 0 aromatic heterocycles. The standard InChI is InChI=1S/C13H24N2O3/c1-8(2)6-11(12(16)17)15-13(18)14-10-5-4-9(3)7-10/h8-11H,4-7H2,1-3H3,(H,16,17)(H2,14,15,18)/t9?,10?,11-/m1/s1. The highest BCUT2D eigenvalue weighted by Crippen LogP contribution is 2.24. The molecule has 1 fully saturated rings. The second kappa shape index (κ2) is 6.61. The molecule has 0 bridgehead atoms. The minimum absolute atomic E-state index is 0.188. The Bertz CT molecular complexity index is 305. The van der Waals surface area contributed by atoms with E-state index in [-0.39, 0.29) is 18.0 Å². The second-order valence-corrected chi connectivity index (χ2v) is 5.75. The van der Waals surface area contributed by atoms with E-state index < -0.39 is 12.0 Å². The van der Waals surface area contributed by atoms with Gasteiger partial charge in [-0.15, -0.1) is 0 Å². The summed E-state index contributed by atoms with van der Waals surface area (Å²) in [6, 6.07) is -0.973. The highest BCUT2D eigenvalue weighted by molar-refractivity contribution is 5.82. The van der Waals surface area contributed by atoms with E-state index in [1.807, 2.05) is 13.8 Å². The molecule has 0 radical (unpaired) electrons. The first kappa shape index (κ1) is 14.8. The van der Waals surface area contributed by atoms with E-state index in [1.54, 1.807) is 0 Å². The summed E-state index contributed by atoms with van der Waals surface area (Å²) in [7, 11) is 0. The number of carboxylic acids is 1. The molecule has 0 aromatic rings. The Morgan fingerprint density at radius 3 is 2.44 bits per heavy atom. The van der Waals surface area contributed by atoms with E-state index in [9.17, 15) is 9.59 Å². The molecule has 2 unspecified atom stereocenters. The van der Waals surface area contributed by atoms with Crippen LogP contribution in [-0.2, 0) is 4.79 Å². The first-order valence-corrected chi connectivity index (χ1v) is 6.68. The van der Waals surface area contributed by atoms with Gasteiger partial charge in [0.15, 0.2) is 0 Å². The van der Waals surface area contributed by atoms with Gasteiger partial charge in [0.1, 0.15) is 6.04 Å². The Balaban J connectivity index is 2.39. The molecular formula is C13H24N2O3. The highest BCUT2D eigenvalue weighted by atomic mass is 16.4. The van der Waals surface area contributed by atoms with Crippen LogP contribution in [0.3, 0.4) is 0 Å². The van der Waals surface area contributed by atoms with Gasteiger partial charge in [-0.2, -0.15) is 0 Å². The van der Waals surface area contributed by atoms with Crippen molar-refractivity contribution < 1.29 is 14.7 Å². The summed E-state index contributed by atoms with van der Waals surface area (Å²) in [5.74, 6) is -0.0993. The van der Waals surface area contributed by atoms with Crippen LogP contribution in [0.1, 0.15) is 46.5 Å². The van der Waals surface area contributed by atoms with E-state index in [4.69, 9.17) is 5.11 Å². The lowest BCUT2D eigenvalue weighted by molar-refractivity contribution is -0.139. The maximum absolute atomic E-state index is 11.7. The number of nitrogens with one attached hydrogen (secondary N) is 2. The van der Waals surface area contributed by atoms with E-state index >= 15 is 0 Å². The SMILES string of the molecule is CC(C)C[C@@H](NC(=O)NC1CCC(C)C1)C(=O)O. The fraction of sp³-hybridized carbons (Fsp3) is 0.846. The monoisotopic (exact) mass is 256 g/mol. The van der Waals surface area contributed by atoms with Crippen LogP contribution in [0.5, 0.6) is 0 Å². The fourth-order valence-corrected chi connectivity index (χ4v) is 2.42. The van der Waals surface area contributed by atoms with Gasteiger partial charge in [-0.05, 0) is 37.5 Å². The van der Waals surface area contributed by atoms with Crippen molar-refractivity contribution in [3.05, 3.63) is 0 Å². The summed E-state index contributed by atoms with van der Waals surface area (Å²) in [5.41, 5.74) is 0. The largest absolute Gasteiger partial charge is 0.480 e. The molecule has 1 aliphatic rings. The van der Waals surface area contributed by atoms with E-state index in [0.29, 0.717) is 12.3 Å². The minimum Gasteiger partial charge on any atom is -0.480 e. The van der Waals surface area contributed by atoms with Crippen molar-refractivity contribution in [2.24, 2.45) is 11.8 Å². The van der Waals surface area contributed by atoms with Gasteiger partial charge in [0.05, 0.1) is 0 Å². The highest BCUT2D eigenvalue weighted by Gasteiger charge is 2.25.